The predicted octanol–water partition coefficient (Wildman–Crippen LogP) is 2.28. The van der Waals surface area contributed by atoms with Crippen molar-refractivity contribution in [1.82, 2.24) is 4.98 Å². The highest BCUT2D eigenvalue weighted by atomic mass is 127. The van der Waals surface area contributed by atoms with Crippen molar-refractivity contribution in [3.05, 3.63) is 21.9 Å². The van der Waals surface area contributed by atoms with Crippen LogP contribution in [0.2, 0.25) is 0 Å². The summed E-state index contributed by atoms with van der Waals surface area (Å²) in [5.74, 6) is 1.50. The predicted molar refractivity (Wildman–Crippen MR) is 62.9 cm³/mol. The van der Waals surface area contributed by atoms with Crippen LogP contribution in [0.25, 0.3) is 0 Å². The Morgan fingerprint density at radius 2 is 2.36 bits per heavy atom. The van der Waals surface area contributed by atoms with Gasteiger partial charge in [-0.2, -0.15) is 0 Å². The van der Waals surface area contributed by atoms with E-state index in [0.717, 1.165) is 9.99 Å². The first kappa shape index (κ1) is 9.89. The van der Waals surface area contributed by atoms with E-state index < -0.39 is 0 Å². The molecule has 3 nitrogen and oxygen atoms in total. The monoisotopic (exact) mass is 302 g/mol. The molecular weight excluding hydrogens is 291 g/mol. The number of nitrogens with zero attached hydrogens (tertiary/aromatic N) is 1. The maximum Gasteiger partial charge on any atom is 0.228 e. The molecule has 1 amide bonds. The molecule has 1 aromatic heterocycles. The number of hydrogen-bond acceptors (Lipinski definition) is 2. The molecule has 0 radical (unpaired) electrons. The Bertz CT molecular complexity index is 350. The lowest BCUT2D eigenvalue weighted by molar-refractivity contribution is -0.117. The summed E-state index contributed by atoms with van der Waals surface area (Å²) in [6, 6.07) is 3.76. The lowest BCUT2D eigenvalue weighted by Crippen LogP contribution is -2.15. The third-order valence-electron chi connectivity index (χ3n) is 2.42. The van der Waals surface area contributed by atoms with Crippen molar-refractivity contribution >= 4 is 34.3 Å². The Labute approximate surface area is 96.4 Å². The number of rotatable bonds is 2. The van der Waals surface area contributed by atoms with E-state index in [-0.39, 0.29) is 11.8 Å². The first-order valence-corrected chi connectivity index (χ1v) is 5.67. The molecule has 2 atom stereocenters. The zero-order valence-corrected chi connectivity index (χ0v) is 9.98. The van der Waals surface area contributed by atoms with Gasteiger partial charge in [0.2, 0.25) is 5.91 Å². The fourth-order valence-corrected chi connectivity index (χ4v) is 1.68. The van der Waals surface area contributed by atoms with Crippen LogP contribution in [0.3, 0.4) is 0 Å². The number of carbonyl (C=O) groups is 1. The highest BCUT2D eigenvalue weighted by Gasteiger charge is 2.39. The summed E-state index contributed by atoms with van der Waals surface area (Å²) in [7, 11) is 0. The largest absolute Gasteiger partial charge is 0.310 e. The summed E-state index contributed by atoms with van der Waals surface area (Å²) in [5, 5.41) is 2.81. The molecule has 1 heterocycles. The highest BCUT2D eigenvalue weighted by molar-refractivity contribution is 14.1. The normalized spacial score (nSPS) is 24.4. The lowest BCUT2D eigenvalue weighted by atomic mass is 10.3. The van der Waals surface area contributed by atoms with Gasteiger partial charge in [-0.05, 0) is 47.1 Å². The lowest BCUT2D eigenvalue weighted by Gasteiger charge is -2.02. The molecule has 0 saturated heterocycles. The van der Waals surface area contributed by atoms with Crippen LogP contribution in [0.1, 0.15) is 13.3 Å². The maximum atomic E-state index is 11.5. The van der Waals surface area contributed by atoms with Gasteiger partial charge in [0.1, 0.15) is 5.82 Å². The maximum absolute atomic E-state index is 11.5. The second-order valence-corrected chi connectivity index (χ2v) is 4.92. The molecule has 74 valence electrons. The van der Waals surface area contributed by atoms with Crippen LogP contribution in [0, 0.1) is 15.4 Å². The van der Waals surface area contributed by atoms with Crippen molar-refractivity contribution in [2.75, 3.05) is 5.32 Å². The van der Waals surface area contributed by atoms with Crippen molar-refractivity contribution in [1.29, 1.82) is 0 Å². The van der Waals surface area contributed by atoms with Crippen molar-refractivity contribution < 1.29 is 4.79 Å². The zero-order valence-electron chi connectivity index (χ0n) is 7.83. The SMILES string of the molecule is C[C@@H]1C[C@H]1C(=O)Nc1ccc(I)cn1. The minimum Gasteiger partial charge on any atom is -0.310 e. The van der Waals surface area contributed by atoms with Gasteiger partial charge in [-0.15, -0.1) is 0 Å². The van der Waals surface area contributed by atoms with Gasteiger partial charge in [0.05, 0.1) is 0 Å². The van der Waals surface area contributed by atoms with E-state index in [1.807, 2.05) is 12.1 Å². The number of nitrogens with one attached hydrogen (secondary N) is 1. The molecular formula is C10H11IN2O. The molecule has 14 heavy (non-hydrogen) atoms. The second kappa shape index (κ2) is 3.84. The minimum absolute atomic E-state index is 0.103. The van der Waals surface area contributed by atoms with Gasteiger partial charge in [-0.25, -0.2) is 4.98 Å². The number of halogens is 1. The molecule has 4 heteroatoms. The fourth-order valence-electron chi connectivity index (χ4n) is 1.36. The van der Waals surface area contributed by atoms with Crippen LogP contribution in [-0.2, 0) is 4.79 Å². The molecule has 1 aliphatic carbocycles. The van der Waals surface area contributed by atoms with Gasteiger partial charge >= 0.3 is 0 Å². The Morgan fingerprint density at radius 3 is 2.86 bits per heavy atom. The fraction of sp³-hybridized carbons (Fsp3) is 0.400. The molecule has 1 fully saturated rings. The summed E-state index contributed by atoms with van der Waals surface area (Å²) in [5.41, 5.74) is 0. The number of carbonyl (C=O) groups excluding carboxylic acids is 1. The topological polar surface area (TPSA) is 42.0 Å². The van der Waals surface area contributed by atoms with Gasteiger partial charge in [0.25, 0.3) is 0 Å². The Balaban J connectivity index is 1.97. The third kappa shape index (κ3) is 2.23. The number of pyridine rings is 1. The second-order valence-electron chi connectivity index (χ2n) is 3.67. The summed E-state index contributed by atoms with van der Waals surface area (Å²) in [6.07, 6.45) is 2.75. The van der Waals surface area contributed by atoms with Crippen LogP contribution >= 0.6 is 22.6 Å². The van der Waals surface area contributed by atoms with Crippen LogP contribution < -0.4 is 5.32 Å². The number of anilines is 1. The molecule has 0 aromatic carbocycles. The van der Waals surface area contributed by atoms with E-state index in [9.17, 15) is 4.79 Å². The van der Waals surface area contributed by atoms with Gasteiger partial charge < -0.3 is 5.32 Å². The van der Waals surface area contributed by atoms with Crippen LogP contribution in [-0.4, -0.2) is 10.9 Å². The third-order valence-corrected chi connectivity index (χ3v) is 3.06. The Hall–Kier alpha value is -0.650. The summed E-state index contributed by atoms with van der Waals surface area (Å²) < 4.78 is 1.07. The quantitative estimate of drug-likeness (QED) is 0.852. The van der Waals surface area contributed by atoms with E-state index in [1.165, 1.54) is 0 Å². The Morgan fingerprint density at radius 1 is 1.64 bits per heavy atom. The van der Waals surface area contributed by atoms with E-state index in [4.69, 9.17) is 0 Å². The van der Waals surface area contributed by atoms with Crippen LogP contribution in [0.15, 0.2) is 18.3 Å². The summed E-state index contributed by atoms with van der Waals surface area (Å²) in [6.45, 7) is 2.09. The molecule has 0 aliphatic heterocycles. The number of hydrogen-bond donors (Lipinski definition) is 1. The molecule has 1 N–H and O–H groups in total. The van der Waals surface area contributed by atoms with Gasteiger partial charge in [0, 0.05) is 15.7 Å². The summed E-state index contributed by atoms with van der Waals surface area (Å²) >= 11 is 2.18. The smallest absolute Gasteiger partial charge is 0.228 e. The number of amides is 1. The first-order valence-electron chi connectivity index (χ1n) is 4.59. The van der Waals surface area contributed by atoms with Gasteiger partial charge in [0.15, 0.2) is 0 Å². The first-order chi connectivity index (χ1) is 6.66. The van der Waals surface area contributed by atoms with Crippen molar-refractivity contribution in [3.8, 4) is 0 Å². The van der Waals surface area contributed by atoms with E-state index >= 15 is 0 Å². The highest BCUT2D eigenvalue weighted by Crippen LogP contribution is 2.38. The average Bonchev–Trinajstić information content (AvgIpc) is 2.87. The van der Waals surface area contributed by atoms with Gasteiger partial charge in [-0.1, -0.05) is 6.92 Å². The molecule has 0 bridgehead atoms. The van der Waals surface area contributed by atoms with Crippen LogP contribution in [0.5, 0.6) is 0 Å². The Kier molecular flexibility index (Phi) is 2.71. The average molecular weight is 302 g/mol. The molecule has 1 aromatic rings. The van der Waals surface area contributed by atoms with Crippen molar-refractivity contribution in [3.63, 3.8) is 0 Å². The molecule has 0 unspecified atom stereocenters. The van der Waals surface area contributed by atoms with Crippen LogP contribution in [0.4, 0.5) is 5.82 Å². The standard InChI is InChI=1S/C10H11IN2O/c1-6-4-8(6)10(14)13-9-3-2-7(11)5-12-9/h2-3,5-6,8H,4H2,1H3,(H,12,13,14)/t6-,8-/m1/s1. The van der Waals surface area contributed by atoms with E-state index in [0.29, 0.717) is 11.7 Å². The molecule has 1 saturated carbocycles. The number of aromatic nitrogens is 1. The van der Waals surface area contributed by atoms with E-state index in [2.05, 4.69) is 39.8 Å². The van der Waals surface area contributed by atoms with Crippen molar-refractivity contribution in [2.24, 2.45) is 11.8 Å². The zero-order chi connectivity index (χ0) is 10.1. The van der Waals surface area contributed by atoms with E-state index in [1.54, 1.807) is 6.20 Å². The molecule has 0 spiro atoms. The molecule has 2 rings (SSSR count). The summed E-state index contributed by atoms with van der Waals surface area (Å²) in [4.78, 5) is 15.6. The minimum atomic E-state index is 0.103. The molecule has 1 aliphatic rings. The van der Waals surface area contributed by atoms with Crippen molar-refractivity contribution in [2.45, 2.75) is 13.3 Å². The van der Waals surface area contributed by atoms with Gasteiger partial charge in [-0.3, -0.25) is 4.79 Å².